The molecule has 1 N–H and O–H groups in total. The third-order valence-corrected chi connectivity index (χ3v) is 6.28. The predicted octanol–water partition coefficient (Wildman–Crippen LogP) is 2.51. The Morgan fingerprint density at radius 1 is 1.03 bits per heavy atom. The van der Waals surface area contributed by atoms with E-state index in [0.717, 1.165) is 54.9 Å². The van der Waals surface area contributed by atoms with Crippen molar-refractivity contribution < 1.29 is 9.47 Å². The quantitative estimate of drug-likeness (QED) is 0.589. The summed E-state index contributed by atoms with van der Waals surface area (Å²) in [4.78, 5) is 28.6. The Balaban J connectivity index is 1.19. The SMILES string of the molecule is O=c1cc(CSc2ccccn2)nc(N2CCN(Cc3ccc4c(c3)OCO4)CC2)[nH]1. The normalized spacial score (nSPS) is 15.9. The van der Waals surface area contributed by atoms with E-state index >= 15 is 0 Å². The van der Waals surface area contributed by atoms with Crippen molar-refractivity contribution in [1.82, 2.24) is 19.9 Å². The molecule has 4 heterocycles. The monoisotopic (exact) mass is 437 g/mol. The lowest BCUT2D eigenvalue weighted by Gasteiger charge is -2.35. The standard InChI is InChI=1S/C22H23N5O3S/c28-20-12-17(14-31-21-3-1-2-6-23-21)24-22(25-20)27-9-7-26(8-10-27)13-16-4-5-18-19(11-16)30-15-29-18/h1-6,11-12H,7-10,13-15H2,(H,24,25,28). The molecule has 9 heteroatoms. The van der Waals surface area contributed by atoms with Crippen LogP contribution in [0.4, 0.5) is 5.95 Å². The van der Waals surface area contributed by atoms with E-state index in [9.17, 15) is 4.79 Å². The van der Waals surface area contributed by atoms with Crippen molar-refractivity contribution >= 4 is 17.7 Å². The summed E-state index contributed by atoms with van der Waals surface area (Å²) in [5.74, 6) is 2.88. The Bertz CT molecular complexity index is 1100. The molecule has 0 unspecified atom stereocenters. The number of pyridine rings is 1. The predicted molar refractivity (Wildman–Crippen MR) is 119 cm³/mol. The van der Waals surface area contributed by atoms with E-state index in [1.54, 1.807) is 24.0 Å². The van der Waals surface area contributed by atoms with Gasteiger partial charge in [0.2, 0.25) is 12.7 Å². The molecule has 0 aliphatic carbocycles. The van der Waals surface area contributed by atoms with Crippen molar-refractivity contribution in [2.45, 2.75) is 17.3 Å². The lowest BCUT2D eigenvalue weighted by atomic mass is 10.1. The molecule has 0 saturated carbocycles. The molecule has 31 heavy (non-hydrogen) atoms. The van der Waals surface area contributed by atoms with Crippen molar-refractivity contribution in [2.24, 2.45) is 0 Å². The van der Waals surface area contributed by atoms with Gasteiger partial charge in [0.1, 0.15) is 0 Å². The lowest BCUT2D eigenvalue weighted by Crippen LogP contribution is -2.47. The van der Waals surface area contributed by atoms with E-state index in [4.69, 9.17) is 14.5 Å². The highest BCUT2D eigenvalue weighted by Gasteiger charge is 2.20. The molecule has 0 spiro atoms. The molecule has 8 nitrogen and oxygen atoms in total. The van der Waals surface area contributed by atoms with Crippen LogP contribution in [0, 0.1) is 0 Å². The van der Waals surface area contributed by atoms with E-state index in [-0.39, 0.29) is 5.56 Å². The molecule has 0 atom stereocenters. The zero-order valence-electron chi connectivity index (χ0n) is 17.0. The summed E-state index contributed by atoms with van der Waals surface area (Å²) in [6.45, 7) is 4.56. The molecular formula is C22H23N5O3S. The van der Waals surface area contributed by atoms with Gasteiger partial charge in [0.25, 0.3) is 5.56 Å². The topological polar surface area (TPSA) is 83.6 Å². The zero-order valence-corrected chi connectivity index (χ0v) is 17.8. The third kappa shape index (κ3) is 4.83. The number of ether oxygens (including phenoxy) is 2. The fraction of sp³-hybridized carbons (Fsp3) is 0.318. The van der Waals surface area contributed by atoms with Crippen LogP contribution in [0.3, 0.4) is 0 Å². The zero-order chi connectivity index (χ0) is 21.0. The average molecular weight is 438 g/mol. The second kappa shape index (κ2) is 8.99. The number of aromatic amines is 1. The molecule has 2 aliphatic rings. The lowest BCUT2D eigenvalue weighted by molar-refractivity contribution is 0.174. The van der Waals surface area contributed by atoms with Gasteiger partial charge in [-0.3, -0.25) is 14.7 Å². The average Bonchev–Trinajstić information content (AvgIpc) is 3.27. The first-order chi connectivity index (χ1) is 15.2. The number of nitrogens with zero attached hydrogens (tertiary/aromatic N) is 4. The minimum atomic E-state index is -0.121. The molecule has 0 bridgehead atoms. The third-order valence-electron chi connectivity index (χ3n) is 5.30. The number of hydrogen-bond acceptors (Lipinski definition) is 8. The van der Waals surface area contributed by atoms with Gasteiger partial charge >= 0.3 is 0 Å². The van der Waals surface area contributed by atoms with Gasteiger partial charge in [0.15, 0.2) is 11.5 Å². The van der Waals surface area contributed by atoms with Crippen LogP contribution in [-0.4, -0.2) is 52.8 Å². The van der Waals surface area contributed by atoms with Crippen LogP contribution in [0.5, 0.6) is 11.5 Å². The minimum Gasteiger partial charge on any atom is -0.454 e. The van der Waals surface area contributed by atoms with Crippen LogP contribution in [0.15, 0.2) is 58.5 Å². The van der Waals surface area contributed by atoms with Gasteiger partial charge in [0.05, 0.1) is 10.7 Å². The number of aromatic nitrogens is 3. The Morgan fingerprint density at radius 2 is 1.90 bits per heavy atom. The van der Waals surface area contributed by atoms with Crippen molar-refractivity contribution in [1.29, 1.82) is 0 Å². The van der Waals surface area contributed by atoms with E-state index in [2.05, 4.69) is 31.9 Å². The second-order valence-corrected chi connectivity index (χ2v) is 8.46. The number of thioether (sulfide) groups is 1. The maximum absolute atomic E-state index is 12.2. The van der Waals surface area contributed by atoms with E-state index in [1.165, 1.54) is 5.56 Å². The first-order valence-corrected chi connectivity index (χ1v) is 11.2. The van der Waals surface area contributed by atoms with Gasteiger partial charge in [-0.2, -0.15) is 0 Å². The fourth-order valence-electron chi connectivity index (χ4n) is 3.71. The highest BCUT2D eigenvalue weighted by molar-refractivity contribution is 7.98. The summed E-state index contributed by atoms with van der Waals surface area (Å²) in [6.07, 6.45) is 1.77. The van der Waals surface area contributed by atoms with Crippen LogP contribution < -0.4 is 19.9 Å². The highest BCUT2D eigenvalue weighted by Crippen LogP contribution is 2.33. The van der Waals surface area contributed by atoms with Gasteiger partial charge in [0, 0.05) is 50.7 Å². The van der Waals surface area contributed by atoms with Gasteiger partial charge in [-0.05, 0) is 29.8 Å². The maximum atomic E-state index is 12.2. The molecule has 1 saturated heterocycles. The van der Waals surface area contributed by atoms with Gasteiger partial charge < -0.3 is 14.4 Å². The smallest absolute Gasteiger partial charge is 0.252 e. The number of H-pyrrole nitrogens is 1. The van der Waals surface area contributed by atoms with Crippen molar-refractivity contribution in [3.8, 4) is 11.5 Å². The molecule has 0 amide bonds. The summed E-state index contributed by atoms with van der Waals surface area (Å²) in [7, 11) is 0. The molecule has 3 aromatic rings. The molecule has 160 valence electrons. The van der Waals surface area contributed by atoms with E-state index < -0.39 is 0 Å². The number of fused-ring (bicyclic) bond motifs is 1. The Morgan fingerprint density at radius 3 is 2.74 bits per heavy atom. The summed E-state index contributed by atoms with van der Waals surface area (Å²) >= 11 is 1.58. The maximum Gasteiger partial charge on any atom is 0.252 e. The number of piperazine rings is 1. The number of benzene rings is 1. The fourth-order valence-corrected chi connectivity index (χ4v) is 4.47. The number of nitrogens with one attached hydrogen (secondary N) is 1. The van der Waals surface area contributed by atoms with Gasteiger partial charge in [-0.1, -0.05) is 12.1 Å². The van der Waals surface area contributed by atoms with Gasteiger partial charge in [-0.15, -0.1) is 11.8 Å². The van der Waals surface area contributed by atoms with Gasteiger partial charge in [-0.25, -0.2) is 9.97 Å². The van der Waals surface area contributed by atoms with Crippen LogP contribution in [-0.2, 0) is 12.3 Å². The number of anilines is 1. The molecule has 2 aliphatic heterocycles. The summed E-state index contributed by atoms with van der Waals surface area (Å²) in [5.41, 5.74) is 1.85. The molecule has 1 aromatic carbocycles. The van der Waals surface area contributed by atoms with Crippen molar-refractivity contribution in [2.75, 3.05) is 37.9 Å². The summed E-state index contributed by atoms with van der Waals surface area (Å²) in [6, 6.07) is 13.5. The van der Waals surface area contributed by atoms with Crippen LogP contribution >= 0.6 is 11.8 Å². The summed E-state index contributed by atoms with van der Waals surface area (Å²) in [5, 5.41) is 0.920. The molecular weight excluding hydrogens is 414 g/mol. The largest absolute Gasteiger partial charge is 0.454 e. The Labute approximate surface area is 184 Å². The first kappa shape index (κ1) is 19.9. The number of rotatable bonds is 6. The molecule has 5 rings (SSSR count). The van der Waals surface area contributed by atoms with E-state index in [1.807, 2.05) is 24.3 Å². The van der Waals surface area contributed by atoms with Crippen molar-refractivity contribution in [3.63, 3.8) is 0 Å². The minimum absolute atomic E-state index is 0.121. The second-order valence-electron chi connectivity index (χ2n) is 7.47. The van der Waals surface area contributed by atoms with E-state index in [0.29, 0.717) is 18.5 Å². The molecule has 2 aromatic heterocycles. The van der Waals surface area contributed by atoms with Crippen molar-refractivity contribution in [3.05, 3.63) is 70.3 Å². The summed E-state index contributed by atoms with van der Waals surface area (Å²) < 4.78 is 10.9. The first-order valence-electron chi connectivity index (χ1n) is 10.2. The molecule has 1 fully saturated rings. The molecule has 0 radical (unpaired) electrons. The Hall–Kier alpha value is -3.04. The van der Waals surface area contributed by atoms with Crippen LogP contribution in [0.1, 0.15) is 11.3 Å². The van der Waals surface area contributed by atoms with Crippen LogP contribution in [0.2, 0.25) is 0 Å². The Kier molecular flexibility index (Phi) is 5.77. The number of hydrogen-bond donors (Lipinski definition) is 1. The van der Waals surface area contributed by atoms with Crippen LogP contribution in [0.25, 0.3) is 0 Å². The highest BCUT2D eigenvalue weighted by atomic mass is 32.2.